The van der Waals surface area contributed by atoms with Crippen LogP contribution in [0.5, 0.6) is 0 Å². The fraction of sp³-hybridized carbons (Fsp3) is 0.200. The van der Waals surface area contributed by atoms with E-state index in [0.29, 0.717) is 5.56 Å². The molecule has 6 heteroatoms. The third kappa shape index (κ3) is 3.32. The van der Waals surface area contributed by atoms with Crippen LogP contribution in [0.3, 0.4) is 0 Å². The quantitative estimate of drug-likeness (QED) is 0.431. The molecule has 0 heterocycles. The van der Waals surface area contributed by atoms with Crippen molar-refractivity contribution in [3.63, 3.8) is 0 Å². The van der Waals surface area contributed by atoms with Crippen LogP contribution in [0.25, 0.3) is 0 Å². The molecule has 1 rings (SSSR count). The van der Waals surface area contributed by atoms with Gasteiger partial charge in [0.2, 0.25) is 0 Å². The first kappa shape index (κ1) is 12.7. The zero-order valence-electron chi connectivity index (χ0n) is 8.66. The third-order valence-electron chi connectivity index (χ3n) is 1.99. The van der Waals surface area contributed by atoms with E-state index in [2.05, 4.69) is 21.2 Å². The number of halogens is 1. The van der Waals surface area contributed by atoms with Crippen molar-refractivity contribution in [1.82, 2.24) is 10.7 Å². The number of amides is 2. The molecule has 0 saturated carbocycles. The number of hydrazine groups is 1. The van der Waals surface area contributed by atoms with Crippen LogP contribution in [0.4, 0.5) is 0 Å². The molecule has 0 radical (unpaired) electrons. The molecule has 4 N–H and O–H groups in total. The largest absolute Gasteiger partial charge is 0.340 e. The Hall–Kier alpha value is -1.40. The molecule has 0 unspecified atom stereocenters. The minimum absolute atomic E-state index is 0.316. The van der Waals surface area contributed by atoms with E-state index in [1.165, 1.54) is 0 Å². The van der Waals surface area contributed by atoms with Gasteiger partial charge in [0.15, 0.2) is 0 Å². The minimum Gasteiger partial charge on any atom is -0.340 e. The molecule has 0 fully saturated rings. The molecule has 0 aliphatic heterocycles. The predicted molar refractivity (Wildman–Crippen MR) is 63.4 cm³/mol. The normalized spacial score (nSPS) is 11.7. The Morgan fingerprint density at radius 3 is 2.38 bits per heavy atom. The third-order valence-corrected chi connectivity index (χ3v) is 2.52. The highest BCUT2D eigenvalue weighted by molar-refractivity contribution is 9.10. The van der Waals surface area contributed by atoms with Gasteiger partial charge in [0.1, 0.15) is 6.04 Å². The highest BCUT2D eigenvalue weighted by Gasteiger charge is 2.15. The second kappa shape index (κ2) is 5.62. The van der Waals surface area contributed by atoms with Crippen LogP contribution in [0.1, 0.15) is 17.3 Å². The fourth-order valence-corrected chi connectivity index (χ4v) is 1.34. The van der Waals surface area contributed by atoms with Gasteiger partial charge in [0, 0.05) is 10.0 Å². The highest BCUT2D eigenvalue weighted by atomic mass is 79.9. The summed E-state index contributed by atoms with van der Waals surface area (Å²) in [6.45, 7) is 1.55. The maximum atomic E-state index is 11.6. The van der Waals surface area contributed by atoms with E-state index in [4.69, 9.17) is 5.84 Å². The Kier molecular flexibility index (Phi) is 4.45. The SMILES string of the molecule is C[C@H](NC(=O)c1ccc(Br)cc1)C(=O)NN. The number of rotatable bonds is 3. The van der Waals surface area contributed by atoms with Crippen molar-refractivity contribution in [2.45, 2.75) is 13.0 Å². The summed E-state index contributed by atoms with van der Waals surface area (Å²) in [5.74, 6) is 4.19. The average molecular weight is 286 g/mol. The van der Waals surface area contributed by atoms with Gasteiger partial charge in [0.25, 0.3) is 11.8 Å². The van der Waals surface area contributed by atoms with Gasteiger partial charge in [-0.2, -0.15) is 0 Å². The lowest BCUT2D eigenvalue weighted by atomic mass is 10.2. The van der Waals surface area contributed by atoms with Crippen molar-refractivity contribution in [3.05, 3.63) is 34.3 Å². The van der Waals surface area contributed by atoms with E-state index in [9.17, 15) is 9.59 Å². The summed E-state index contributed by atoms with van der Waals surface area (Å²) in [4.78, 5) is 22.7. The lowest BCUT2D eigenvalue weighted by molar-refractivity contribution is -0.122. The molecule has 0 aliphatic carbocycles. The Morgan fingerprint density at radius 1 is 1.31 bits per heavy atom. The maximum absolute atomic E-state index is 11.6. The molecule has 1 aromatic carbocycles. The number of benzene rings is 1. The number of nitrogens with one attached hydrogen (secondary N) is 2. The average Bonchev–Trinajstić information content (AvgIpc) is 2.28. The lowest BCUT2D eigenvalue weighted by Crippen LogP contribution is -2.47. The summed E-state index contributed by atoms with van der Waals surface area (Å²) in [6, 6.07) is 6.16. The van der Waals surface area contributed by atoms with Crippen molar-refractivity contribution in [2.75, 3.05) is 0 Å². The lowest BCUT2D eigenvalue weighted by Gasteiger charge is -2.11. The van der Waals surface area contributed by atoms with Crippen molar-refractivity contribution in [3.8, 4) is 0 Å². The number of hydrogen-bond donors (Lipinski definition) is 3. The monoisotopic (exact) mass is 285 g/mol. The second-order valence-electron chi connectivity index (χ2n) is 3.21. The van der Waals surface area contributed by atoms with Crippen molar-refractivity contribution in [2.24, 2.45) is 5.84 Å². The van der Waals surface area contributed by atoms with Gasteiger partial charge < -0.3 is 5.32 Å². The molecule has 0 aliphatic rings. The van der Waals surface area contributed by atoms with Gasteiger partial charge in [-0.15, -0.1) is 0 Å². The number of carbonyl (C=O) groups excluding carboxylic acids is 2. The van der Waals surface area contributed by atoms with Gasteiger partial charge in [-0.3, -0.25) is 15.0 Å². The van der Waals surface area contributed by atoms with E-state index in [-0.39, 0.29) is 5.91 Å². The van der Waals surface area contributed by atoms with Crippen LogP contribution in [0, 0.1) is 0 Å². The van der Waals surface area contributed by atoms with Crippen molar-refractivity contribution >= 4 is 27.7 Å². The number of nitrogens with two attached hydrogens (primary N) is 1. The summed E-state index contributed by atoms with van der Waals surface area (Å²) < 4.78 is 0.886. The Labute approximate surface area is 101 Å². The van der Waals surface area contributed by atoms with Crippen LogP contribution in [0.2, 0.25) is 0 Å². The minimum atomic E-state index is -0.666. The predicted octanol–water partition coefficient (Wildman–Crippen LogP) is 0.557. The Bertz CT molecular complexity index is 392. The van der Waals surface area contributed by atoms with Crippen LogP contribution >= 0.6 is 15.9 Å². The molecule has 1 aromatic rings. The summed E-state index contributed by atoms with van der Waals surface area (Å²) >= 11 is 3.27. The van der Waals surface area contributed by atoms with E-state index in [0.717, 1.165) is 4.47 Å². The molecule has 2 amide bonds. The topological polar surface area (TPSA) is 84.2 Å². The summed E-state index contributed by atoms with van der Waals surface area (Å²) in [5.41, 5.74) is 2.46. The molecule has 1 atom stereocenters. The van der Waals surface area contributed by atoms with Gasteiger partial charge in [-0.1, -0.05) is 15.9 Å². The number of carbonyl (C=O) groups is 2. The zero-order valence-corrected chi connectivity index (χ0v) is 10.2. The summed E-state index contributed by atoms with van der Waals surface area (Å²) in [5, 5.41) is 2.52. The standard InChI is InChI=1S/C10H12BrN3O2/c1-6(9(15)14-12)13-10(16)7-2-4-8(11)5-3-7/h2-6H,12H2,1H3,(H,13,16)(H,14,15)/t6-/m0/s1. The molecule has 0 saturated heterocycles. The van der Waals surface area contributed by atoms with Gasteiger partial charge in [-0.05, 0) is 31.2 Å². The van der Waals surface area contributed by atoms with E-state index in [1.807, 2.05) is 5.43 Å². The molecule has 16 heavy (non-hydrogen) atoms. The van der Waals surface area contributed by atoms with E-state index < -0.39 is 11.9 Å². The Balaban J connectivity index is 2.65. The molecular weight excluding hydrogens is 274 g/mol. The van der Waals surface area contributed by atoms with Crippen LogP contribution in [-0.2, 0) is 4.79 Å². The van der Waals surface area contributed by atoms with Crippen molar-refractivity contribution < 1.29 is 9.59 Å². The molecule has 86 valence electrons. The van der Waals surface area contributed by atoms with Crippen molar-refractivity contribution in [1.29, 1.82) is 0 Å². The van der Waals surface area contributed by atoms with Gasteiger partial charge in [-0.25, -0.2) is 5.84 Å². The molecule has 0 spiro atoms. The van der Waals surface area contributed by atoms with E-state index in [1.54, 1.807) is 31.2 Å². The summed E-state index contributed by atoms with van der Waals surface area (Å²) in [7, 11) is 0. The van der Waals surface area contributed by atoms with Crippen LogP contribution in [0.15, 0.2) is 28.7 Å². The molecule has 0 bridgehead atoms. The first-order valence-electron chi connectivity index (χ1n) is 4.61. The Morgan fingerprint density at radius 2 is 1.88 bits per heavy atom. The highest BCUT2D eigenvalue weighted by Crippen LogP contribution is 2.10. The zero-order chi connectivity index (χ0) is 12.1. The summed E-state index contributed by atoms with van der Waals surface area (Å²) in [6.07, 6.45) is 0. The molecule has 0 aromatic heterocycles. The first-order valence-corrected chi connectivity index (χ1v) is 5.40. The molecule has 5 nitrogen and oxygen atoms in total. The van der Waals surface area contributed by atoms with Crippen LogP contribution in [-0.4, -0.2) is 17.9 Å². The second-order valence-corrected chi connectivity index (χ2v) is 4.13. The smallest absolute Gasteiger partial charge is 0.256 e. The van der Waals surface area contributed by atoms with Gasteiger partial charge >= 0.3 is 0 Å². The fourth-order valence-electron chi connectivity index (χ4n) is 1.07. The van der Waals surface area contributed by atoms with Crippen LogP contribution < -0.4 is 16.6 Å². The maximum Gasteiger partial charge on any atom is 0.256 e. The van der Waals surface area contributed by atoms with Gasteiger partial charge in [0.05, 0.1) is 0 Å². The number of hydrogen-bond acceptors (Lipinski definition) is 3. The van der Waals surface area contributed by atoms with E-state index >= 15 is 0 Å². The molecular formula is C10H12BrN3O2. The first-order chi connectivity index (χ1) is 7.54.